The van der Waals surface area contributed by atoms with Gasteiger partial charge in [0.25, 0.3) is 0 Å². The summed E-state index contributed by atoms with van der Waals surface area (Å²) in [5, 5.41) is 9.18. The highest BCUT2D eigenvalue weighted by molar-refractivity contribution is 5.32. The molecule has 5 nitrogen and oxygen atoms in total. The molecular weight excluding hydrogens is 240 g/mol. The van der Waals surface area contributed by atoms with E-state index in [-0.39, 0.29) is 6.61 Å². The van der Waals surface area contributed by atoms with E-state index < -0.39 is 0 Å². The summed E-state index contributed by atoms with van der Waals surface area (Å²) in [4.78, 5) is 10.6. The fourth-order valence-corrected chi connectivity index (χ4v) is 1.82. The van der Waals surface area contributed by atoms with Crippen molar-refractivity contribution in [1.82, 2.24) is 9.97 Å². The lowest BCUT2D eigenvalue weighted by Gasteiger charge is -2.22. The maximum Gasteiger partial charge on any atom is 0.225 e. The Morgan fingerprint density at radius 1 is 1.16 bits per heavy atom. The van der Waals surface area contributed by atoms with Gasteiger partial charge >= 0.3 is 0 Å². The molecule has 3 N–H and O–H groups in total. The molecule has 1 aromatic heterocycles. The molecule has 0 atom stereocenters. The molecule has 2 rings (SSSR count). The van der Waals surface area contributed by atoms with Gasteiger partial charge in [-0.25, -0.2) is 9.97 Å². The zero-order chi connectivity index (χ0) is 13.5. The number of hydrogen-bond acceptors (Lipinski definition) is 5. The Bertz CT molecular complexity index is 504. The first kappa shape index (κ1) is 13.5. The normalized spacial score (nSPS) is 10.4. The second-order valence-corrected chi connectivity index (χ2v) is 4.18. The van der Waals surface area contributed by atoms with Crippen LogP contribution in [0.2, 0.25) is 0 Å². The number of benzene rings is 1. The van der Waals surface area contributed by atoms with Crippen molar-refractivity contribution in [2.75, 3.05) is 18.1 Å². The van der Waals surface area contributed by atoms with Crippen molar-refractivity contribution in [1.29, 1.82) is 0 Å². The minimum atomic E-state index is 0.0586. The molecule has 0 spiro atoms. The third-order valence-corrected chi connectivity index (χ3v) is 2.78. The van der Waals surface area contributed by atoms with E-state index in [0.717, 1.165) is 11.3 Å². The molecule has 0 aliphatic rings. The van der Waals surface area contributed by atoms with Crippen molar-refractivity contribution < 1.29 is 5.11 Å². The fraction of sp³-hybridized carbons (Fsp3) is 0.286. The van der Waals surface area contributed by atoms with Crippen LogP contribution in [0.5, 0.6) is 0 Å². The third-order valence-electron chi connectivity index (χ3n) is 2.78. The van der Waals surface area contributed by atoms with Gasteiger partial charge in [0.15, 0.2) is 0 Å². The lowest BCUT2D eigenvalue weighted by molar-refractivity contribution is 0.300. The van der Waals surface area contributed by atoms with Gasteiger partial charge in [0.2, 0.25) is 5.95 Å². The standard InChI is InChI=1S/C14H18N4O/c15-10-13-6-7-16-14(17-13)18(8-9-19)11-12-4-2-1-3-5-12/h1-7,19H,8-11,15H2. The number of nitrogens with zero attached hydrogens (tertiary/aromatic N) is 3. The largest absolute Gasteiger partial charge is 0.395 e. The van der Waals surface area contributed by atoms with Gasteiger partial charge < -0.3 is 15.7 Å². The van der Waals surface area contributed by atoms with Gasteiger partial charge in [0.05, 0.1) is 12.3 Å². The average Bonchev–Trinajstić information content (AvgIpc) is 2.48. The molecule has 0 unspecified atom stereocenters. The summed E-state index contributed by atoms with van der Waals surface area (Å²) < 4.78 is 0. The smallest absolute Gasteiger partial charge is 0.225 e. The van der Waals surface area contributed by atoms with Gasteiger partial charge in [-0.3, -0.25) is 0 Å². The van der Waals surface area contributed by atoms with Gasteiger partial charge in [0.1, 0.15) is 0 Å². The summed E-state index contributed by atoms with van der Waals surface area (Å²) in [5.74, 6) is 0.598. The van der Waals surface area contributed by atoms with E-state index in [1.807, 2.05) is 35.2 Å². The lowest BCUT2D eigenvalue weighted by Crippen LogP contribution is -2.28. The number of aromatic nitrogens is 2. The molecule has 2 aromatic rings. The minimum absolute atomic E-state index is 0.0586. The second-order valence-electron chi connectivity index (χ2n) is 4.18. The molecule has 0 amide bonds. The quantitative estimate of drug-likeness (QED) is 0.806. The van der Waals surface area contributed by atoms with E-state index in [0.29, 0.717) is 25.6 Å². The monoisotopic (exact) mass is 258 g/mol. The molecule has 1 aromatic carbocycles. The first-order valence-corrected chi connectivity index (χ1v) is 6.25. The maximum absolute atomic E-state index is 9.18. The number of anilines is 1. The number of nitrogens with two attached hydrogens (primary N) is 1. The molecule has 0 aliphatic heterocycles. The van der Waals surface area contributed by atoms with Crippen molar-refractivity contribution in [3.63, 3.8) is 0 Å². The van der Waals surface area contributed by atoms with Gasteiger partial charge in [-0.05, 0) is 11.6 Å². The van der Waals surface area contributed by atoms with Gasteiger partial charge in [-0.2, -0.15) is 0 Å². The van der Waals surface area contributed by atoms with E-state index in [4.69, 9.17) is 5.73 Å². The molecule has 0 bridgehead atoms. The summed E-state index contributed by atoms with van der Waals surface area (Å²) in [6.45, 7) is 1.59. The first-order chi connectivity index (χ1) is 9.33. The molecule has 0 aliphatic carbocycles. The van der Waals surface area contributed by atoms with Crippen molar-refractivity contribution >= 4 is 5.95 Å². The highest BCUT2D eigenvalue weighted by Crippen LogP contribution is 2.12. The first-order valence-electron chi connectivity index (χ1n) is 6.25. The fourth-order valence-electron chi connectivity index (χ4n) is 1.82. The van der Waals surface area contributed by atoms with Crippen LogP contribution < -0.4 is 10.6 Å². The summed E-state index contributed by atoms with van der Waals surface area (Å²) in [6, 6.07) is 11.8. The minimum Gasteiger partial charge on any atom is -0.395 e. The molecule has 19 heavy (non-hydrogen) atoms. The topological polar surface area (TPSA) is 75.3 Å². The van der Waals surface area contributed by atoms with Crippen molar-refractivity contribution in [3.8, 4) is 0 Å². The Morgan fingerprint density at radius 2 is 1.95 bits per heavy atom. The lowest BCUT2D eigenvalue weighted by atomic mass is 10.2. The summed E-state index contributed by atoms with van der Waals surface area (Å²) in [7, 11) is 0. The molecule has 5 heteroatoms. The van der Waals surface area contributed by atoms with Crippen LogP contribution >= 0.6 is 0 Å². The van der Waals surface area contributed by atoms with E-state index in [1.54, 1.807) is 12.3 Å². The Morgan fingerprint density at radius 3 is 2.63 bits per heavy atom. The highest BCUT2D eigenvalue weighted by Gasteiger charge is 2.10. The molecule has 0 radical (unpaired) electrons. The molecule has 0 saturated heterocycles. The number of aliphatic hydroxyl groups excluding tert-OH is 1. The van der Waals surface area contributed by atoms with Crippen molar-refractivity contribution in [2.24, 2.45) is 5.73 Å². The summed E-state index contributed by atoms with van der Waals surface area (Å²) in [6.07, 6.45) is 1.69. The van der Waals surface area contributed by atoms with Crippen molar-refractivity contribution in [3.05, 3.63) is 53.9 Å². The Kier molecular flexibility index (Phi) is 4.83. The van der Waals surface area contributed by atoms with Crippen LogP contribution in [0.3, 0.4) is 0 Å². The summed E-state index contributed by atoms with van der Waals surface area (Å²) >= 11 is 0. The predicted molar refractivity (Wildman–Crippen MR) is 74.5 cm³/mol. The van der Waals surface area contributed by atoms with Crippen LogP contribution in [-0.4, -0.2) is 28.2 Å². The van der Waals surface area contributed by atoms with Crippen LogP contribution in [0.4, 0.5) is 5.95 Å². The van der Waals surface area contributed by atoms with E-state index in [9.17, 15) is 5.11 Å². The molecule has 0 fully saturated rings. The third kappa shape index (κ3) is 3.74. The Hall–Kier alpha value is -1.98. The number of rotatable bonds is 6. The van der Waals surface area contributed by atoms with Gasteiger partial charge in [-0.1, -0.05) is 30.3 Å². The van der Waals surface area contributed by atoms with Crippen LogP contribution in [-0.2, 0) is 13.1 Å². The van der Waals surface area contributed by atoms with Crippen LogP contribution in [0.25, 0.3) is 0 Å². The number of hydrogen-bond donors (Lipinski definition) is 2. The molecule has 100 valence electrons. The summed E-state index contributed by atoms with van der Waals surface area (Å²) in [5.41, 5.74) is 7.53. The predicted octanol–water partition coefficient (Wildman–Crippen LogP) is 0.934. The zero-order valence-corrected chi connectivity index (χ0v) is 10.7. The van der Waals surface area contributed by atoms with Crippen LogP contribution in [0.1, 0.15) is 11.3 Å². The maximum atomic E-state index is 9.18. The Labute approximate surface area is 112 Å². The highest BCUT2D eigenvalue weighted by atomic mass is 16.3. The van der Waals surface area contributed by atoms with Crippen LogP contribution in [0.15, 0.2) is 42.6 Å². The molecule has 1 heterocycles. The van der Waals surface area contributed by atoms with Crippen molar-refractivity contribution in [2.45, 2.75) is 13.1 Å². The van der Waals surface area contributed by atoms with E-state index >= 15 is 0 Å². The second kappa shape index (κ2) is 6.82. The van der Waals surface area contributed by atoms with E-state index in [2.05, 4.69) is 9.97 Å². The van der Waals surface area contributed by atoms with E-state index in [1.165, 1.54) is 0 Å². The molecule has 0 saturated carbocycles. The Balaban J connectivity index is 2.19. The zero-order valence-electron chi connectivity index (χ0n) is 10.7. The average molecular weight is 258 g/mol. The van der Waals surface area contributed by atoms with Gasteiger partial charge in [0, 0.05) is 25.8 Å². The SMILES string of the molecule is NCc1ccnc(N(CCO)Cc2ccccc2)n1. The molecular formula is C14H18N4O. The van der Waals surface area contributed by atoms with Gasteiger partial charge in [-0.15, -0.1) is 0 Å². The number of aliphatic hydroxyl groups is 1. The van der Waals surface area contributed by atoms with Crippen LogP contribution in [0, 0.1) is 0 Å².